The zero-order chi connectivity index (χ0) is 20.5. The van der Waals surface area contributed by atoms with E-state index in [9.17, 15) is 18.0 Å². The van der Waals surface area contributed by atoms with Gasteiger partial charge in [-0.15, -0.1) is 0 Å². The summed E-state index contributed by atoms with van der Waals surface area (Å²) in [7, 11) is 0. The van der Waals surface area contributed by atoms with Crippen LogP contribution >= 0.6 is 0 Å². The second-order valence-corrected chi connectivity index (χ2v) is 6.19. The molecule has 0 saturated heterocycles. The van der Waals surface area contributed by atoms with Gasteiger partial charge in [0.1, 0.15) is 29.9 Å². The molecule has 0 bridgehead atoms. The molecular formula is C18H14F3N5O2. The minimum Gasteiger partial charge on any atom is -0.385 e. The summed E-state index contributed by atoms with van der Waals surface area (Å²) < 4.78 is 47.5. The summed E-state index contributed by atoms with van der Waals surface area (Å²) in [6.07, 6.45) is -0.919. The summed E-state index contributed by atoms with van der Waals surface area (Å²) >= 11 is 0. The Balaban J connectivity index is 1.93. The highest BCUT2D eigenvalue weighted by Gasteiger charge is 2.42. The molecule has 0 spiro atoms. The van der Waals surface area contributed by atoms with Crippen molar-refractivity contribution in [3.05, 3.63) is 58.9 Å². The van der Waals surface area contributed by atoms with E-state index in [1.54, 1.807) is 6.07 Å². The van der Waals surface area contributed by atoms with Crippen LogP contribution in [0.3, 0.4) is 0 Å². The molecule has 0 fully saturated rings. The van der Waals surface area contributed by atoms with Crippen LogP contribution in [0.2, 0.25) is 0 Å². The van der Waals surface area contributed by atoms with E-state index in [1.807, 2.05) is 0 Å². The van der Waals surface area contributed by atoms with Crippen molar-refractivity contribution in [1.29, 1.82) is 5.26 Å². The average molecular weight is 389 g/mol. The Kier molecular flexibility index (Phi) is 5.02. The van der Waals surface area contributed by atoms with Crippen LogP contribution in [-0.2, 0) is 10.3 Å². The Morgan fingerprint density at radius 2 is 2.14 bits per heavy atom. The summed E-state index contributed by atoms with van der Waals surface area (Å²) in [5.41, 5.74) is 3.08. The summed E-state index contributed by atoms with van der Waals surface area (Å²) in [4.78, 5) is 19.9. The summed E-state index contributed by atoms with van der Waals surface area (Å²) in [5, 5.41) is 11.1. The van der Waals surface area contributed by atoms with Crippen LogP contribution in [0.25, 0.3) is 0 Å². The first-order valence-electron chi connectivity index (χ1n) is 8.01. The molecule has 28 heavy (non-hydrogen) atoms. The number of anilines is 1. The predicted octanol–water partition coefficient (Wildman–Crippen LogP) is 2.38. The first-order valence-corrected chi connectivity index (χ1v) is 8.01. The molecule has 1 aliphatic rings. The van der Waals surface area contributed by atoms with Gasteiger partial charge in [-0.1, -0.05) is 0 Å². The van der Waals surface area contributed by atoms with Gasteiger partial charge in [-0.25, -0.2) is 18.2 Å². The van der Waals surface area contributed by atoms with Gasteiger partial charge < -0.3 is 15.8 Å². The van der Waals surface area contributed by atoms with Crippen LogP contribution in [0.15, 0.2) is 35.5 Å². The predicted molar refractivity (Wildman–Crippen MR) is 93.1 cm³/mol. The Hall–Kier alpha value is -3.45. The standard InChI is InChI=1S/C18H14F3N5O2/c1-18(17(21)28-8-14(23)26-18)11-5-10(2-3-12(11)19)25-16(27)15-13(20)4-9(6-22)7-24-15/h2-5,7,17H,8H2,1H3,(H2,23,26)(H,25,27)/t17-,18+/m0/s1. The highest BCUT2D eigenvalue weighted by Crippen LogP contribution is 2.37. The van der Waals surface area contributed by atoms with Crippen molar-refractivity contribution in [2.24, 2.45) is 10.7 Å². The van der Waals surface area contributed by atoms with Gasteiger partial charge in [0.05, 0.1) is 5.56 Å². The fraction of sp³-hybridized carbons (Fsp3) is 0.222. The largest absolute Gasteiger partial charge is 0.385 e. The molecule has 7 nitrogen and oxygen atoms in total. The number of hydrogen-bond acceptors (Lipinski definition) is 6. The van der Waals surface area contributed by atoms with Crippen molar-refractivity contribution >= 4 is 17.4 Å². The average Bonchev–Trinajstić information content (AvgIpc) is 2.66. The van der Waals surface area contributed by atoms with E-state index >= 15 is 0 Å². The molecule has 0 aliphatic carbocycles. The lowest BCUT2D eigenvalue weighted by atomic mass is 9.90. The molecule has 1 amide bonds. The number of aromatic nitrogens is 1. The summed E-state index contributed by atoms with van der Waals surface area (Å²) in [6.45, 7) is 1.08. The number of pyridine rings is 1. The Labute approximate surface area is 157 Å². The number of hydrogen-bond donors (Lipinski definition) is 2. The fourth-order valence-electron chi connectivity index (χ4n) is 2.73. The summed E-state index contributed by atoms with van der Waals surface area (Å²) in [5.74, 6) is -2.71. The molecule has 1 aromatic heterocycles. The number of aliphatic imine (C=N–C) groups is 1. The van der Waals surface area contributed by atoms with E-state index in [0.29, 0.717) is 0 Å². The van der Waals surface area contributed by atoms with E-state index in [-0.39, 0.29) is 29.3 Å². The second kappa shape index (κ2) is 7.28. The Morgan fingerprint density at radius 1 is 1.39 bits per heavy atom. The highest BCUT2D eigenvalue weighted by atomic mass is 19.1. The maximum Gasteiger partial charge on any atom is 0.277 e. The van der Waals surface area contributed by atoms with Gasteiger partial charge in [0.25, 0.3) is 5.91 Å². The lowest BCUT2D eigenvalue weighted by Crippen LogP contribution is -2.43. The van der Waals surface area contributed by atoms with E-state index in [1.165, 1.54) is 13.0 Å². The van der Waals surface area contributed by atoms with Gasteiger partial charge in [0, 0.05) is 17.4 Å². The molecule has 0 radical (unpaired) electrons. The van der Waals surface area contributed by atoms with Crippen LogP contribution < -0.4 is 11.1 Å². The van der Waals surface area contributed by atoms with Crippen LogP contribution in [0.5, 0.6) is 0 Å². The number of nitrogens with zero attached hydrogens (tertiary/aromatic N) is 3. The second-order valence-electron chi connectivity index (χ2n) is 6.19. The Morgan fingerprint density at radius 3 is 2.82 bits per heavy atom. The van der Waals surface area contributed by atoms with Gasteiger partial charge in [-0.05, 0) is 31.2 Å². The highest BCUT2D eigenvalue weighted by molar-refractivity contribution is 6.03. The smallest absolute Gasteiger partial charge is 0.277 e. The molecule has 0 saturated carbocycles. The van der Waals surface area contributed by atoms with Crippen LogP contribution in [0, 0.1) is 23.0 Å². The number of alkyl halides is 1. The van der Waals surface area contributed by atoms with Gasteiger partial charge >= 0.3 is 0 Å². The SMILES string of the molecule is C[C@]1(c2cc(NC(=O)c3ncc(C#N)cc3F)ccc2F)N=C(N)CO[C@@H]1F. The lowest BCUT2D eigenvalue weighted by Gasteiger charge is -2.33. The number of nitriles is 1. The third kappa shape index (κ3) is 3.52. The molecule has 2 heterocycles. The first-order chi connectivity index (χ1) is 13.2. The van der Waals surface area contributed by atoms with Crippen molar-refractivity contribution in [2.45, 2.75) is 18.8 Å². The molecule has 144 valence electrons. The number of nitrogens with two attached hydrogens (primary N) is 1. The van der Waals surface area contributed by atoms with Crippen molar-refractivity contribution in [1.82, 2.24) is 4.98 Å². The number of rotatable bonds is 3. The molecule has 2 atom stereocenters. The van der Waals surface area contributed by atoms with Crippen LogP contribution in [-0.4, -0.2) is 29.7 Å². The number of halogens is 3. The zero-order valence-electron chi connectivity index (χ0n) is 14.5. The quantitative estimate of drug-likeness (QED) is 0.837. The number of amidine groups is 1. The lowest BCUT2D eigenvalue weighted by molar-refractivity contribution is -0.0805. The third-order valence-corrected chi connectivity index (χ3v) is 4.15. The van der Waals surface area contributed by atoms with Crippen molar-refractivity contribution in [3.8, 4) is 6.07 Å². The molecular weight excluding hydrogens is 375 g/mol. The molecule has 3 N–H and O–H groups in total. The van der Waals surface area contributed by atoms with Gasteiger partial charge in [-0.2, -0.15) is 5.26 Å². The number of benzene rings is 1. The number of nitrogens with one attached hydrogen (secondary N) is 1. The van der Waals surface area contributed by atoms with Gasteiger partial charge in [-0.3, -0.25) is 9.79 Å². The monoisotopic (exact) mass is 389 g/mol. The molecule has 1 aliphatic heterocycles. The Bertz CT molecular complexity index is 1020. The van der Waals surface area contributed by atoms with Gasteiger partial charge in [0.15, 0.2) is 11.5 Å². The van der Waals surface area contributed by atoms with Crippen molar-refractivity contribution in [3.63, 3.8) is 0 Å². The van der Waals surface area contributed by atoms with E-state index in [4.69, 9.17) is 15.7 Å². The molecule has 3 rings (SSSR count). The molecule has 10 heteroatoms. The first kappa shape index (κ1) is 19.3. The maximum atomic E-state index is 14.4. The third-order valence-electron chi connectivity index (χ3n) is 4.15. The molecule has 0 unspecified atom stereocenters. The number of ether oxygens (including phenoxy) is 1. The number of amides is 1. The van der Waals surface area contributed by atoms with Crippen molar-refractivity contribution < 1.29 is 22.7 Å². The van der Waals surface area contributed by atoms with Crippen LogP contribution in [0.4, 0.5) is 18.9 Å². The van der Waals surface area contributed by atoms with E-state index in [0.717, 1.165) is 24.4 Å². The van der Waals surface area contributed by atoms with Gasteiger partial charge in [0.2, 0.25) is 6.36 Å². The normalized spacial score (nSPS) is 21.5. The number of carbonyl (C=O) groups is 1. The van der Waals surface area contributed by atoms with Crippen LogP contribution in [0.1, 0.15) is 28.5 Å². The minimum absolute atomic E-state index is 0.00547. The van der Waals surface area contributed by atoms with Crippen molar-refractivity contribution in [2.75, 3.05) is 11.9 Å². The zero-order valence-corrected chi connectivity index (χ0v) is 14.5. The topological polar surface area (TPSA) is 113 Å². The molecule has 2 aromatic rings. The summed E-state index contributed by atoms with van der Waals surface area (Å²) in [6, 6.07) is 5.94. The number of carbonyl (C=O) groups excluding carboxylic acids is 1. The fourth-order valence-corrected chi connectivity index (χ4v) is 2.73. The maximum absolute atomic E-state index is 14.4. The van der Waals surface area contributed by atoms with E-state index in [2.05, 4.69) is 15.3 Å². The van der Waals surface area contributed by atoms with E-state index < -0.39 is 35.1 Å². The minimum atomic E-state index is -1.96. The molecule has 1 aromatic carbocycles.